The maximum atomic E-state index is 9.99. The van der Waals surface area contributed by atoms with Crippen LogP contribution in [-0.2, 0) is 0 Å². The van der Waals surface area contributed by atoms with E-state index in [1.165, 1.54) is 0 Å². The van der Waals surface area contributed by atoms with Crippen molar-refractivity contribution in [3.05, 3.63) is 37.9 Å². The van der Waals surface area contributed by atoms with Gasteiger partial charge in [-0.2, -0.15) is 0 Å². The van der Waals surface area contributed by atoms with Crippen molar-refractivity contribution in [2.45, 2.75) is 0 Å². The van der Waals surface area contributed by atoms with Gasteiger partial charge in [-0.15, -0.1) is 0 Å². The van der Waals surface area contributed by atoms with Crippen LogP contribution in [0.2, 0.25) is 5.28 Å². The third-order valence-electron chi connectivity index (χ3n) is 0.818. The van der Waals surface area contributed by atoms with E-state index in [4.69, 9.17) is 21.7 Å². The SMILES string of the molecule is O=[N+]([O-])c1cnc(Cl)nc1.O=[NH+][O-]. The smallest absolute Gasteiger partial charge is 0.267 e. The Morgan fingerprint density at radius 3 is 2.15 bits per heavy atom. The summed E-state index contributed by atoms with van der Waals surface area (Å²) in [4.78, 5) is 24.4. The molecular formula is C4H3ClN4O4. The molecule has 0 aliphatic rings. The van der Waals surface area contributed by atoms with Gasteiger partial charge in [-0.3, -0.25) is 20.2 Å². The highest BCUT2D eigenvalue weighted by molar-refractivity contribution is 6.28. The predicted molar refractivity (Wildman–Crippen MR) is 41.4 cm³/mol. The molecule has 0 atom stereocenters. The van der Waals surface area contributed by atoms with E-state index in [1.807, 2.05) is 0 Å². The number of hydrogen-bond donors (Lipinski definition) is 1. The van der Waals surface area contributed by atoms with Crippen LogP contribution < -0.4 is 5.34 Å². The second-order valence-corrected chi connectivity index (χ2v) is 1.89. The van der Waals surface area contributed by atoms with Crippen LogP contribution in [0, 0.1) is 20.2 Å². The summed E-state index contributed by atoms with van der Waals surface area (Å²) in [5.41, 5.74) is -0.163. The Balaban J connectivity index is 0.000000424. The minimum atomic E-state index is -0.587. The van der Waals surface area contributed by atoms with Crippen LogP contribution in [0.4, 0.5) is 5.69 Å². The standard InChI is InChI=1S/C4H2ClN3O2.HNO2/c5-4-6-1-3(2-7-4)8(9)10;2-1-3/h1-2H;1H. The summed E-state index contributed by atoms with van der Waals surface area (Å²) in [6.07, 6.45) is 2.10. The van der Waals surface area contributed by atoms with E-state index >= 15 is 0 Å². The normalized spacial score (nSPS) is 8.08. The zero-order valence-electron chi connectivity index (χ0n) is 6.01. The van der Waals surface area contributed by atoms with Gasteiger partial charge in [0.2, 0.25) is 5.28 Å². The Kier molecular flexibility index (Phi) is 4.96. The highest BCUT2D eigenvalue weighted by Gasteiger charge is 2.04. The summed E-state index contributed by atoms with van der Waals surface area (Å²) in [5, 5.41) is 18.4. The molecular weight excluding hydrogens is 204 g/mol. The van der Waals surface area contributed by atoms with E-state index in [0.717, 1.165) is 12.4 Å². The molecule has 1 aromatic heterocycles. The molecule has 0 amide bonds. The number of halogens is 1. The molecule has 0 aliphatic carbocycles. The monoisotopic (exact) mass is 206 g/mol. The fourth-order valence-corrected chi connectivity index (χ4v) is 0.497. The highest BCUT2D eigenvalue weighted by Crippen LogP contribution is 2.07. The van der Waals surface area contributed by atoms with E-state index in [-0.39, 0.29) is 16.3 Å². The average Bonchev–Trinajstić information content (AvgIpc) is 2.06. The molecule has 8 nitrogen and oxygen atoms in total. The second kappa shape index (κ2) is 5.77. The lowest BCUT2D eigenvalue weighted by atomic mass is 10.6. The molecule has 0 saturated carbocycles. The molecule has 1 rings (SSSR count). The Morgan fingerprint density at radius 2 is 1.85 bits per heavy atom. The van der Waals surface area contributed by atoms with Crippen molar-refractivity contribution < 1.29 is 10.3 Å². The molecule has 0 radical (unpaired) electrons. The lowest BCUT2D eigenvalue weighted by Gasteiger charge is -1.87. The molecule has 1 aromatic rings. The maximum Gasteiger partial charge on any atom is 0.305 e. The predicted octanol–water partition coefficient (Wildman–Crippen LogP) is -0.631. The molecule has 1 heterocycles. The number of nitro groups is 1. The molecule has 70 valence electrons. The van der Waals surface area contributed by atoms with Crippen LogP contribution in [0.5, 0.6) is 0 Å². The van der Waals surface area contributed by atoms with Gasteiger partial charge in [-0.05, 0) is 11.6 Å². The number of rotatable bonds is 1. The van der Waals surface area contributed by atoms with Crippen LogP contribution in [-0.4, -0.2) is 14.9 Å². The van der Waals surface area contributed by atoms with E-state index in [9.17, 15) is 10.1 Å². The Bertz CT molecular complexity index is 289. The van der Waals surface area contributed by atoms with Gasteiger partial charge in [0.05, 0.1) is 4.92 Å². The Labute approximate surface area is 76.3 Å². The highest BCUT2D eigenvalue weighted by atomic mass is 35.5. The summed E-state index contributed by atoms with van der Waals surface area (Å²) < 4.78 is 0. The number of aromatic nitrogens is 2. The summed E-state index contributed by atoms with van der Waals surface area (Å²) in [5.74, 6) is 0. The van der Waals surface area contributed by atoms with E-state index in [0.29, 0.717) is 0 Å². The van der Waals surface area contributed by atoms with Crippen molar-refractivity contribution in [2.75, 3.05) is 0 Å². The van der Waals surface area contributed by atoms with Crippen molar-refractivity contribution in [1.29, 1.82) is 0 Å². The molecule has 0 aliphatic heterocycles. The number of nitrogens with zero attached hydrogens (tertiary/aromatic N) is 3. The Hall–Kier alpha value is -1.83. The second-order valence-electron chi connectivity index (χ2n) is 1.55. The van der Waals surface area contributed by atoms with E-state index < -0.39 is 4.92 Å². The molecule has 13 heavy (non-hydrogen) atoms. The molecule has 0 bridgehead atoms. The first-order valence-corrected chi connectivity index (χ1v) is 3.10. The largest absolute Gasteiger partial charge is 0.305 e. The van der Waals surface area contributed by atoms with Crippen molar-refractivity contribution in [2.24, 2.45) is 0 Å². The first-order valence-electron chi connectivity index (χ1n) is 2.73. The van der Waals surface area contributed by atoms with Gasteiger partial charge in [0, 0.05) is 5.34 Å². The summed E-state index contributed by atoms with van der Waals surface area (Å²) in [6, 6.07) is 0. The minimum absolute atomic E-state index is 0.00519. The molecule has 9 heteroatoms. The van der Waals surface area contributed by atoms with E-state index in [2.05, 4.69) is 9.97 Å². The fraction of sp³-hybridized carbons (Fsp3) is 0. The molecule has 0 unspecified atom stereocenters. The quantitative estimate of drug-likeness (QED) is 0.371. The van der Waals surface area contributed by atoms with Crippen molar-refractivity contribution in [3.63, 3.8) is 0 Å². The zero-order chi connectivity index (χ0) is 10.3. The van der Waals surface area contributed by atoms with Crippen molar-refractivity contribution in [1.82, 2.24) is 9.97 Å². The van der Waals surface area contributed by atoms with Crippen LogP contribution in [0.15, 0.2) is 12.4 Å². The topological polar surface area (TPSA) is 123 Å². The first-order chi connectivity index (χ1) is 6.11. The maximum absolute atomic E-state index is 9.99. The number of nitrogens with one attached hydrogen (secondary N) is 1. The van der Waals surface area contributed by atoms with Crippen molar-refractivity contribution >= 4 is 17.3 Å². The van der Waals surface area contributed by atoms with E-state index in [1.54, 1.807) is 0 Å². The van der Waals surface area contributed by atoms with Gasteiger partial charge in [-0.25, -0.2) is 9.97 Å². The lowest BCUT2D eigenvalue weighted by molar-refractivity contribution is -0.398. The van der Waals surface area contributed by atoms with Gasteiger partial charge in [0.1, 0.15) is 12.4 Å². The van der Waals surface area contributed by atoms with Crippen molar-refractivity contribution in [3.8, 4) is 0 Å². The molecule has 0 spiro atoms. The fourth-order valence-electron chi connectivity index (χ4n) is 0.400. The van der Waals surface area contributed by atoms with Crippen LogP contribution >= 0.6 is 11.6 Å². The third kappa shape index (κ3) is 4.58. The Morgan fingerprint density at radius 1 is 1.46 bits per heavy atom. The average molecular weight is 207 g/mol. The van der Waals surface area contributed by atoms with Gasteiger partial charge in [-0.1, -0.05) is 0 Å². The molecule has 1 N–H and O–H groups in total. The van der Waals surface area contributed by atoms with Gasteiger partial charge in [0.25, 0.3) is 0 Å². The summed E-state index contributed by atoms with van der Waals surface area (Å²) in [7, 11) is 0. The third-order valence-corrected chi connectivity index (χ3v) is 1.01. The van der Waals surface area contributed by atoms with Gasteiger partial charge >= 0.3 is 5.69 Å². The van der Waals surface area contributed by atoms with Crippen LogP contribution in [0.25, 0.3) is 0 Å². The van der Waals surface area contributed by atoms with Gasteiger partial charge < -0.3 is 0 Å². The molecule has 0 aromatic carbocycles. The summed E-state index contributed by atoms with van der Waals surface area (Å²) >= 11 is 5.27. The summed E-state index contributed by atoms with van der Waals surface area (Å²) in [6.45, 7) is 0. The van der Waals surface area contributed by atoms with Crippen LogP contribution in [0.1, 0.15) is 0 Å². The molecule has 0 saturated heterocycles. The lowest BCUT2D eigenvalue weighted by Crippen LogP contribution is -2.53. The van der Waals surface area contributed by atoms with Gasteiger partial charge in [0.15, 0.2) is 0 Å². The minimum Gasteiger partial charge on any atom is -0.267 e. The number of hydrogen-bond acceptors (Lipinski definition) is 6. The zero-order valence-corrected chi connectivity index (χ0v) is 6.76. The molecule has 0 fully saturated rings. The first kappa shape index (κ1) is 11.2. The van der Waals surface area contributed by atoms with Crippen LogP contribution in [0.3, 0.4) is 0 Å².